The molecular weight excluding hydrogens is 448 g/mol. The van der Waals surface area contributed by atoms with Gasteiger partial charge in [0.1, 0.15) is 10.6 Å². The summed E-state index contributed by atoms with van der Waals surface area (Å²) in [6.45, 7) is 4.18. The van der Waals surface area contributed by atoms with Crippen LogP contribution >= 0.6 is 34.7 Å². The van der Waals surface area contributed by atoms with Crippen LogP contribution in [0.25, 0.3) is 15.9 Å². The van der Waals surface area contributed by atoms with Crippen LogP contribution in [0.5, 0.6) is 5.75 Å². The molecule has 0 spiro atoms. The van der Waals surface area contributed by atoms with E-state index in [4.69, 9.17) is 21.3 Å². The van der Waals surface area contributed by atoms with Crippen molar-refractivity contribution in [1.82, 2.24) is 9.55 Å². The average Bonchev–Trinajstić information content (AvgIpc) is 3.08. The monoisotopic (exact) mass is 470 g/mol. The van der Waals surface area contributed by atoms with Gasteiger partial charge in [-0.15, -0.1) is 11.3 Å². The Kier molecular flexibility index (Phi) is 6.70. The number of thiophene rings is 1. The van der Waals surface area contributed by atoms with E-state index in [1.807, 2.05) is 55.5 Å². The second-order valence-corrected chi connectivity index (χ2v) is 9.69. The Morgan fingerprint density at radius 1 is 1.19 bits per heavy atom. The number of methoxy groups -OCH3 is 1. The molecule has 160 valence electrons. The van der Waals surface area contributed by atoms with Crippen molar-refractivity contribution in [3.63, 3.8) is 0 Å². The maximum atomic E-state index is 13.7. The highest BCUT2D eigenvalue weighted by Crippen LogP contribution is 2.32. The van der Waals surface area contributed by atoms with Crippen LogP contribution in [0.15, 0.2) is 58.5 Å². The van der Waals surface area contributed by atoms with Gasteiger partial charge in [-0.3, -0.25) is 9.36 Å². The van der Waals surface area contributed by atoms with E-state index in [0.717, 1.165) is 45.6 Å². The molecule has 0 N–H and O–H groups in total. The molecule has 7 heteroatoms. The number of ether oxygens (including phenoxy) is 1. The van der Waals surface area contributed by atoms with E-state index in [2.05, 4.69) is 6.92 Å². The van der Waals surface area contributed by atoms with Gasteiger partial charge < -0.3 is 4.74 Å². The van der Waals surface area contributed by atoms with Crippen molar-refractivity contribution >= 4 is 44.9 Å². The van der Waals surface area contributed by atoms with Gasteiger partial charge in [-0.25, -0.2) is 4.98 Å². The molecule has 0 saturated carbocycles. The minimum absolute atomic E-state index is 0.0279. The van der Waals surface area contributed by atoms with Crippen LogP contribution in [0.1, 0.15) is 29.3 Å². The topological polar surface area (TPSA) is 44.1 Å². The number of halogens is 1. The van der Waals surface area contributed by atoms with Crippen molar-refractivity contribution in [3.8, 4) is 11.4 Å². The lowest BCUT2D eigenvalue weighted by molar-refractivity contribution is 0.414. The quantitative estimate of drug-likeness (QED) is 0.223. The molecule has 0 saturated heterocycles. The highest BCUT2D eigenvalue weighted by atomic mass is 35.5. The Morgan fingerprint density at radius 2 is 1.97 bits per heavy atom. The molecule has 0 aliphatic rings. The van der Waals surface area contributed by atoms with Crippen molar-refractivity contribution in [2.45, 2.75) is 37.6 Å². The van der Waals surface area contributed by atoms with E-state index in [1.165, 1.54) is 16.6 Å². The largest absolute Gasteiger partial charge is 0.497 e. The minimum atomic E-state index is -0.0279. The summed E-state index contributed by atoms with van der Waals surface area (Å²) in [4.78, 5) is 20.7. The van der Waals surface area contributed by atoms with E-state index in [9.17, 15) is 4.79 Å². The lowest BCUT2D eigenvalue weighted by atomic mass is 10.1. The maximum absolute atomic E-state index is 13.7. The Morgan fingerprint density at radius 3 is 2.65 bits per heavy atom. The highest BCUT2D eigenvalue weighted by Gasteiger charge is 2.19. The number of hydrogen-bond acceptors (Lipinski definition) is 5. The van der Waals surface area contributed by atoms with Gasteiger partial charge in [0.05, 0.1) is 18.2 Å². The van der Waals surface area contributed by atoms with Gasteiger partial charge in [-0.05, 0) is 60.9 Å². The maximum Gasteiger partial charge on any atom is 0.267 e. The van der Waals surface area contributed by atoms with Crippen molar-refractivity contribution in [3.05, 3.63) is 79.9 Å². The number of hydrogen-bond donors (Lipinski definition) is 0. The SMILES string of the molecule is CCCc1sc2nc(SCc3cccc(Cl)c3)n(-c3ccc(OC)cc3)c(=O)c2c1C. The summed E-state index contributed by atoms with van der Waals surface area (Å²) < 4.78 is 7.00. The zero-order valence-electron chi connectivity index (χ0n) is 17.6. The molecule has 4 rings (SSSR count). The molecule has 4 aromatic rings. The standard InChI is InChI=1S/C24H23ClN2O2S2/c1-4-6-20-15(2)21-22(31-20)26-24(30-14-16-7-5-8-17(25)13-16)27(23(21)28)18-9-11-19(29-3)12-10-18/h5,7-13H,4,6,14H2,1-3H3. The molecule has 0 aliphatic carbocycles. The molecule has 31 heavy (non-hydrogen) atoms. The molecule has 2 aromatic carbocycles. The van der Waals surface area contributed by atoms with Gasteiger partial charge in [-0.1, -0.05) is 48.8 Å². The Balaban J connectivity index is 1.85. The van der Waals surface area contributed by atoms with Crippen LogP contribution in [-0.2, 0) is 12.2 Å². The van der Waals surface area contributed by atoms with Gasteiger partial charge in [0, 0.05) is 15.7 Å². The summed E-state index contributed by atoms with van der Waals surface area (Å²) in [5.41, 5.74) is 2.88. The van der Waals surface area contributed by atoms with Crippen molar-refractivity contribution in [2.75, 3.05) is 7.11 Å². The molecule has 0 unspecified atom stereocenters. The Hall–Kier alpha value is -2.28. The molecule has 0 fully saturated rings. The van der Waals surface area contributed by atoms with E-state index in [0.29, 0.717) is 15.9 Å². The van der Waals surface area contributed by atoms with E-state index >= 15 is 0 Å². The van der Waals surface area contributed by atoms with Gasteiger partial charge in [0.15, 0.2) is 5.16 Å². The fourth-order valence-electron chi connectivity index (χ4n) is 3.51. The summed E-state index contributed by atoms with van der Waals surface area (Å²) in [7, 11) is 1.63. The smallest absolute Gasteiger partial charge is 0.267 e. The number of benzene rings is 2. The third kappa shape index (κ3) is 4.52. The summed E-state index contributed by atoms with van der Waals surface area (Å²) in [5, 5.41) is 2.09. The summed E-state index contributed by atoms with van der Waals surface area (Å²) in [5.74, 6) is 1.41. The average molecular weight is 471 g/mol. The fraction of sp³-hybridized carbons (Fsp3) is 0.250. The molecule has 0 radical (unpaired) electrons. The third-order valence-corrected chi connectivity index (χ3v) is 7.59. The minimum Gasteiger partial charge on any atom is -0.497 e. The second kappa shape index (κ2) is 9.47. The summed E-state index contributed by atoms with van der Waals surface area (Å²) in [6, 6.07) is 15.3. The zero-order chi connectivity index (χ0) is 22.0. The molecule has 2 heterocycles. The van der Waals surface area contributed by atoms with Crippen LogP contribution in [-0.4, -0.2) is 16.7 Å². The second-order valence-electron chi connectivity index (χ2n) is 7.23. The fourth-order valence-corrected chi connectivity index (χ4v) is 5.99. The normalized spacial score (nSPS) is 11.2. The van der Waals surface area contributed by atoms with Crippen LogP contribution in [0.4, 0.5) is 0 Å². The molecule has 0 atom stereocenters. The predicted octanol–water partition coefficient (Wildman–Crippen LogP) is 6.66. The Bertz CT molecular complexity index is 1280. The molecule has 0 amide bonds. The van der Waals surface area contributed by atoms with Crippen LogP contribution in [0.3, 0.4) is 0 Å². The molecule has 0 bridgehead atoms. The lowest BCUT2D eigenvalue weighted by Gasteiger charge is -2.13. The van der Waals surface area contributed by atoms with Gasteiger partial charge in [-0.2, -0.15) is 0 Å². The van der Waals surface area contributed by atoms with Crippen molar-refractivity contribution in [1.29, 1.82) is 0 Å². The van der Waals surface area contributed by atoms with Crippen molar-refractivity contribution in [2.24, 2.45) is 0 Å². The summed E-state index contributed by atoms with van der Waals surface area (Å²) >= 11 is 9.32. The number of aryl methyl sites for hydroxylation is 2. The van der Waals surface area contributed by atoms with Gasteiger partial charge >= 0.3 is 0 Å². The van der Waals surface area contributed by atoms with E-state index < -0.39 is 0 Å². The van der Waals surface area contributed by atoms with E-state index in [1.54, 1.807) is 23.0 Å². The first-order chi connectivity index (χ1) is 15.0. The molecule has 0 aliphatic heterocycles. The van der Waals surface area contributed by atoms with Gasteiger partial charge in [0.25, 0.3) is 5.56 Å². The lowest BCUT2D eigenvalue weighted by Crippen LogP contribution is -2.21. The molecule has 2 aromatic heterocycles. The van der Waals surface area contributed by atoms with Gasteiger partial charge in [0.2, 0.25) is 0 Å². The first kappa shape index (κ1) is 21.9. The number of nitrogens with zero attached hydrogens (tertiary/aromatic N) is 2. The first-order valence-corrected chi connectivity index (χ1v) is 12.3. The van der Waals surface area contributed by atoms with Crippen LogP contribution in [0, 0.1) is 6.92 Å². The number of rotatable bonds is 7. The van der Waals surface area contributed by atoms with Crippen molar-refractivity contribution < 1.29 is 4.74 Å². The van der Waals surface area contributed by atoms with E-state index in [-0.39, 0.29) is 5.56 Å². The molecule has 4 nitrogen and oxygen atoms in total. The molecular formula is C24H23ClN2O2S2. The number of thioether (sulfide) groups is 1. The number of fused-ring (bicyclic) bond motifs is 1. The first-order valence-electron chi connectivity index (χ1n) is 10.1. The summed E-state index contributed by atoms with van der Waals surface area (Å²) in [6.07, 6.45) is 2.00. The predicted molar refractivity (Wildman–Crippen MR) is 132 cm³/mol. The highest BCUT2D eigenvalue weighted by molar-refractivity contribution is 7.98. The third-order valence-electron chi connectivity index (χ3n) is 5.10. The Labute approximate surface area is 194 Å². The number of aromatic nitrogens is 2. The zero-order valence-corrected chi connectivity index (χ0v) is 20.0. The van der Waals surface area contributed by atoms with Crippen LogP contribution < -0.4 is 10.3 Å². The van der Waals surface area contributed by atoms with Crippen LogP contribution in [0.2, 0.25) is 5.02 Å².